The molecule has 0 saturated carbocycles. The molecule has 1 aliphatic rings. The van der Waals surface area contributed by atoms with Crippen LogP contribution >= 0.6 is 23.2 Å². The molecule has 0 unspecified atom stereocenters. The van der Waals surface area contributed by atoms with E-state index >= 15 is 0 Å². The quantitative estimate of drug-likeness (QED) is 0.368. The molecule has 4 rings (SSSR count). The summed E-state index contributed by atoms with van der Waals surface area (Å²) in [4.78, 5) is 17.1. The van der Waals surface area contributed by atoms with Crippen molar-refractivity contribution in [2.24, 2.45) is 0 Å². The van der Waals surface area contributed by atoms with Crippen LogP contribution in [-0.4, -0.2) is 41.9 Å². The highest BCUT2D eigenvalue weighted by Crippen LogP contribution is 2.32. The van der Waals surface area contributed by atoms with E-state index in [-0.39, 0.29) is 18.4 Å². The minimum atomic E-state index is -0.0890. The van der Waals surface area contributed by atoms with Crippen LogP contribution in [0, 0.1) is 6.92 Å². The second kappa shape index (κ2) is 10.9. The van der Waals surface area contributed by atoms with Gasteiger partial charge in [-0.1, -0.05) is 55.2 Å². The van der Waals surface area contributed by atoms with Gasteiger partial charge in [-0.25, -0.2) is 0 Å². The Labute approximate surface area is 211 Å². The lowest BCUT2D eigenvalue weighted by molar-refractivity contribution is 0.0594. The largest absolute Gasteiger partial charge is 0.485 e. The van der Waals surface area contributed by atoms with Crippen molar-refractivity contribution in [3.05, 3.63) is 86.8 Å². The Kier molecular flexibility index (Phi) is 7.87. The predicted molar refractivity (Wildman–Crippen MR) is 136 cm³/mol. The minimum absolute atomic E-state index is 0.0890. The van der Waals surface area contributed by atoms with Crippen molar-refractivity contribution >= 4 is 29.1 Å². The topological polar surface area (TPSA) is 45.9 Å². The van der Waals surface area contributed by atoms with Crippen LogP contribution in [0.5, 0.6) is 5.75 Å². The zero-order chi connectivity index (χ0) is 24.2. The first-order valence-electron chi connectivity index (χ1n) is 11.6. The van der Waals surface area contributed by atoms with Gasteiger partial charge < -0.3 is 14.1 Å². The molecule has 0 atom stereocenters. The standard InChI is InChI=1S/C27H30Cl2N2O3/c1-18(2)22-15-24(29)19(3)14-26(22)33-17-21-8-9-25(34-21)27(32)31-12-10-30(11-13-31)16-20-6-4-5-7-23(20)28/h4-9,14-15,18H,10-13,16-17H2,1-3H3. The number of amides is 1. The molecule has 5 nitrogen and oxygen atoms in total. The predicted octanol–water partition coefficient (Wildman–Crippen LogP) is 6.56. The summed E-state index contributed by atoms with van der Waals surface area (Å²) in [5, 5.41) is 1.51. The van der Waals surface area contributed by atoms with E-state index in [0.717, 1.165) is 52.1 Å². The summed E-state index contributed by atoms with van der Waals surface area (Å²) in [7, 11) is 0. The number of hydrogen-bond acceptors (Lipinski definition) is 4. The van der Waals surface area contributed by atoms with Crippen LogP contribution in [0.15, 0.2) is 52.9 Å². The van der Waals surface area contributed by atoms with Gasteiger partial charge in [-0.15, -0.1) is 0 Å². The summed E-state index contributed by atoms with van der Waals surface area (Å²) in [5.41, 5.74) is 3.12. The van der Waals surface area contributed by atoms with Crippen LogP contribution in [0.4, 0.5) is 0 Å². The number of rotatable bonds is 7. The van der Waals surface area contributed by atoms with Gasteiger partial charge in [-0.05, 0) is 59.9 Å². The number of halogens is 2. The Morgan fingerprint density at radius 1 is 1.03 bits per heavy atom. The van der Waals surface area contributed by atoms with Crippen molar-refractivity contribution in [3.8, 4) is 5.75 Å². The molecular formula is C27H30Cl2N2O3. The third-order valence-corrected chi connectivity index (χ3v) is 6.94. The number of piperazine rings is 1. The number of benzene rings is 2. The van der Waals surface area contributed by atoms with E-state index in [1.807, 2.05) is 48.2 Å². The van der Waals surface area contributed by atoms with Gasteiger partial charge >= 0.3 is 0 Å². The van der Waals surface area contributed by atoms with Gasteiger partial charge in [0.05, 0.1) is 0 Å². The maximum absolute atomic E-state index is 13.0. The van der Waals surface area contributed by atoms with Gasteiger partial charge in [-0.3, -0.25) is 9.69 Å². The maximum atomic E-state index is 13.0. The first kappa shape index (κ1) is 24.6. The highest BCUT2D eigenvalue weighted by molar-refractivity contribution is 6.31. The number of carbonyl (C=O) groups excluding carboxylic acids is 1. The van der Waals surface area contributed by atoms with Gasteiger partial charge in [0.25, 0.3) is 5.91 Å². The lowest BCUT2D eigenvalue weighted by atomic mass is 10.0. The Bertz CT molecular complexity index is 1150. The Balaban J connectivity index is 1.33. The second-order valence-corrected chi connectivity index (χ2v) is 9.82. The summed E-state index contributed by atoms with van der Waals surface area (Å²) in [6.45, 7) is 10.1. The summed E-state index contributed by atoms with van der Waals surface area (Å²) in [6, 6.07) is 15.3. The number of aryl methyl sites for hydroxylation is 1. The van der Waals surface area contributed by atoms with Crippen molar-refractivity contribution in [1.82, 2.24) is 9.80 Å². The van der Waals surface area contributed by atoms with E-state index in [1.54, 1.807) is 12.1 Å². The molecule has 180 valence electrons. The summed E-state index contributed by atoms with van der Waals surface area (Å²) in [5.74, 6) is 1.93. The van der Waals surface area contributed by atoms with E-state index in [4.69, 9.17) is 32.4 Å². The molecule has 1 amide bonds. The Morgan fingerprint density at radius 2 is 1.76 bits per heavy atom. The van der Waals surface area contributed by atoms with E-state index in [0.29, 0.717) is 24.6 Å². The van der Waals surface area contributed by atoms with Crippen molar-refractivity contribution in [2.45, 2.75) is 39.8 Å². The van der Waals surface area contributed by atoms with Crippen LogP contribution in [0.2, 0.25) is 10.0 Å². The lowest BCUT2D eigenvalue weighted by Crippen LogP contribution is -2.48. The van der Waals surface area contributed by atoms with Crippen molar-refractivity contribution in [3.63, 3.8) is 0 Å². The lowest BCUT2D eigenvalue weighted by Gasteiger charge is -2.34. The highest BCUT2D eigenvalue weighted by Gasteiger charge is 2.25. The molecule has 1 aliphatic heterocycles. The molecule has 0 bridgehead atoms. The van der Waals surface area contributed by atoms with Gasteiger partial charge in [-0.2, -0.15) is 0 Å². The van der Waals surface area contributed by atoms with Crippen molar-refractivity contribution in [1.29, 1.82) is 0 Å². The molecule has 0 radical (unpaired) electrons. The fraction of sp³-hybridized carbons (Fsp3) is 0.370. The molecule has 2 aromatic carbocycles. The molecule has 3 aromatic rings. The average Bonchev–Trinajstić information content (AvgIpc) is 3.30. The number of hydrogen-bond donors (Lipinski definition) is 0. The van der Waals surface area contributed by atoms with Crippen LogP contribution < -0.4 is 4.74 Å². The first-order chi connectivity index (χ1) is 16.3. The van der Waals surface area contributed by atoms with Crippen molar-refractivity contribution < 1.29 is 13.9 Å². The van der Waals surface area contributed by atoms with Crippen LogP contribution in [0.1, 0.15) is 52.8 Å². The number of carbonyl (C=O) groups is 1. The monoisotopic (exact) mass is 500 g/mol. The van der Waals surface area contributed by atoms with Gasteiger partial charge in [0.2, 0.25) is 0 Å². The number of ether oxygens (including phenoxy) is 1. The molecule has 7 heteroatoms. The van der Waals surface area contributed by atoms with Crippen LogP contribution in [0.3, 0.4) is 0 Å². The number of furan rings is 1. The van der Waals surface area contributed by atoms with E-state index < -0.39 is 0 Å². The second-order valence-electron chi connectivity index (χ2n) is 9.01. The smallest absolute Gasteiger partial charge is 0.289 e. The zero-order valence-electron chi connectivity index (χ0n) is 19.8. The maximum Gasteiger partial charge on any atom is 0.289 e. The zero-order valence-corrected chi connectivity index (χ0v) is 21.3. The van der Waals surface area contributed by atoms with Gasteiger partial charge in [0.15, 0.2) is 5.76 Å². The molecule has 0 aliphatic carbocycles. The normalized spacial score (nSPS) is 14.6. The molecule has 34 heavy (non-hydrogen) atoms. The highest BCUT2D eigenvalue weighted by atomic mass is 35.5. The van der Waals surface area contributed by atoms with Crippen LogP contribution in [-0.2, 0) is 13.2 Å². The third-order valence-electron chi connectivity index (χ3n) is 6.17. The summed E-state index contributed by atoms with van der Waals surface area (Å²) in [6.07, 6.45) is 0. The Morgan fingerprint density at radius 3 is 2.47 bits per heavy atom. The molecular weight excluding hydrogens is 471 g/mol. The first-order valence-corrected chi connectivity index (χ1v) is 12.3. The SMILES string of the molecule is Cc1cc(OCc2ccc(C(=O)N3CCN(Cc4ccccc4Cl)CC3)o2)c(C(C)C)cc1Cl. The summed E-state index contributed by atoms with van der Waals surface area (Å²) < 4.78 is 11.9. The van der Waals surface area contributed by atoms with E-state index in [2.05, 4.69) is 18.7 Å². The van der Waals surface area contributed by atoms with E-state index in [9.17, 15) is 4.79 Å². The Hall–Kier alpha value is -2.47. The van der Waals surface area contributed by atoms with E-state index in [1.165, 1.54) is 0 Å². The van der Waals surface area contributed by atoms with Crippen molar-refractivity contribution in [2.75, 3.05) is 26.2 Å². The molecule has 0 spiro atoms. The fourth-order valence-corrected chi connectivity index (χ4v) is 4.47. The minimum Gasteiger partial charge on any atom is -0.485 e. The molecule has 1 saturated heterocycles. The molecule has 0 N–H and O–H groups in total. The van der Waals surface area contributed by atoms with Crippen LogP contribution in [0.25, 0.3) is 0 Å². The average molecular weight is 501 g/mol. The molecule has 1 fully saturated rings. The number of nitrogens with zero attached hydrogens (tertiary/aromatic N) is 2. The van der Waals surface area contributed by atoms with Gasteiger partial charge in [0.1, 0.15) is 18.1 Å². The summed E-state index contributed by atoms with van der Waals surface area (Å²) >= 11 is 12.6. The molecule has 2 heterocycles. The fourth-order valence-electron chi connectivity index (χ4n) is 4.10. The molecule has 1 aromatic heterocycles. The van der Waals surface area contributed by atoms with Gasteiger partial charge in [0, 0.05) is 42.8 Å². The third kappa shape index (κ3) is 5.77.